The van der Waals surface area contributed by atoms with Crippen LogP contribution in [-0.4, -0.2) is 42.8 Å². The van der Waals surface area contributed by atoms with Crippen molar-refractivity contribution in [2.45, 2.75) is 45.2 Å². The molecule has 1 aromatic carbocycles. The lowest BCUT2D eigenvalue weighted by Crippen LogP contribution is -2.42. The normalized spacial score (nSPS) is 19.2. The van der Waals surface area contributed by atoms with Crippen LogP contribution >= 0.6 is 0 Å². The number of rotatable bonds is 6. The molecule has 4 heteroatoms. The topological polar surface area (TPSA) is 44.7 Å². The number of aromatic hydroxyl groups is 1. The van der Waals surface area contributed by atoms with Gasteiger partial charge in [-0.1, -0.05) is 12.5 Å². The third-order valence-electron chi connectivity index (χ3n) is 4.22. The van der Waals surface area contributed by atoms with E-state index in [0.717, 1.165) is 12.1 Å². The molecule has 1 aliphatic heterocycles. The Labute approximate surface area is 128 Å². The van der Waals surface area contributed by atoms with Gasteiger partial charge in [0.15, 0.2) is 0 Å². The highest BCUT2D eigenvalue weighted by Gasteiger charge is 2.17. The van der Waals surface area contributed by atoms with Crippen LogP contribution < -0.4 is 10.1 Å². The smallest absolute Gasteiger partial charge is 0.124 e. The number of methoxy groups -OCH3 is 1. The van der Waals surface area contributed by atoms with Gasteiger partial charge in [-0.05, 0) is 45.8 Å². The number of nitrogens with zero attached hydrogens (tertiary/aromatic N) is 1. The Morgan fingerprint density at radius 2 is 1.95 bits per heavy atom. The predicted octanol–water partition coefficient (Wildman–Crippen LogP) is 2.93. The van der Waals surface area contributed by atoms with E-state index in [0.29, 0.717) is 17.5 Å². The average molecular weight is 292 g/mol. The molecular formula is C17H28N2O2. The van der Waals surface area contributed by atoms with Gasteiger partial charge in [-0.3, -0.25) is 0 Å². The Balaban J connectivity index is 1.89. The lowest BCUT2D eigenvalue weighted by molar-refractivity contribution is 0.205. The summed E-state index contributed by atoms with van der Waals surface area (Å²) in [4.78, 5) is 2.53. The zero-order valence-electron chi connectivity index (χ0n) is 13.4. The number of piperidine rings is 1. The molecule has 1 aromatic rings. The standard InChI is InChI=1S/C17H28N2O2/c1-13(12-19-9-5-4-6-10-19)18-14(2)16-8-7-15(21-3)11-17(16)20/h7-8,11,13-14,18,20H,4-6,9-10,12H2,1-3H3. The lowest BCUT2D eigenvalue weighted by Gasteiger charge is -2.31. The van der Waals surface area contributed by atoms with Gasteiger partial charge in [0.1, 0.15) is 11.5 Å². The second-order valence-corrected chi connectivity index (χ2v) is 6.08. The average Bonchev–Trinajstić information content (AvgIpc) is 2.47. The van der Waals surface area contributed by atoms with Gasteiger partial charge in [-0.25, -0.2) is 0 Å². The van der Waals surface area contributed by atoms with E-state index in [4.69, 9.17) is 4.74 Å². The molecule has 0 radical (unpaired) electrons. The molecule has 2 rings (SSSR count). The van der Waals surface area contributed by atoms with Crippen molar-refractivity contribution in [2.24, 2.45) is 0 Å². The van der Waals surface area contributed by atoms with E-state index < -0.39 is 0 Å². The highest BCUT2D eigenvalue weighted by Crippen LogP contribution is 2.28. The summed E-state index contributed by atoms with van der Waals surface area (Å²) in [5, 5.41) is 13.7. The number of ether oxygens (including phenoxy) is 1. The molecule has 2 atom stereocenters. The number of hydrogen-bond donors (Lipinski definition) is 2. The maximum Gasteiger partial charge on any atom is 0.124 e. The Morgan fingerprint density at radius 3 is 2.57 bits per heavy atom. The molecule has 0 saturated carbocycles. The highest BCUT2D eigenvalue weighted by atomic mass is 16.5. The first kappa shape index (κ1) is 16.1. The zero-order chi connectivity index (χ0) is 15.2. The number of phenols is 1. The number of nitrogens with one attached hydrogen (secondary N) is 1. The van der Waals surface area contributed by atoms with Gasteiger partial charge in [0.2, 0.25) is 0 Å². The molecule has 2 unspecified atom stereocenters. The summed E-state index contributed by atoms with van der Waals surface area (Å²) in [5.41, 5.74) is 0.918. The molecule has 0 aliphatic carbocycles. The zero-order valence-corrected chi connectivity index (χ0v) is 13.4. The Morgan fingerprint density at radius 1 is 1.24 bits per heavy atom. The van der Waals surface area contributed by atoms with Crippen LogP contribution in [-0.2, 0) is 0 Å². The van der Waals surface area contributed by atoms with Crippen LogP contribution in [0, 0.1) is 0 Å². The summed E-state index contributed by atoms with van der Waals surface area (Å²) in [5.74, 6) is 0.976. The first-order chi connectivity index (χ1) is 10.1. The second-order valence-electron chi connectivity index (χ2n) is 6.08. The van der Waals surface area contributed by atoms with Crippen molar-refractivity contribution in [3.05, 3.63) is 23.8 Å². The first-order valence-electron chi connectivity index (χ1n) is 7.95. The molecular weight excluding hydrogens is 264 g/mol. The van der Waals surface area contributed by atoms with Crippen LogP contribution in [0.2, 0.25) is 0 Å². The molecule has 2 N–H and O–H groups in total. The van der Waals surface area contributed by atoms with Crippen molar-refractivity contribution in [3.8, 4) is 11.5 Å². The summed E-state index contributed by atoms with van der Waals surface area (Å²) < 4.78 is 5.12. The molecule has 4 nitrogen and oxygen atoms in total. The van der Waals surface area contributed by atoms with Crippen LogP contribution in [0.5, 0.6) is 11.5 Å². The molecule has 0 amide bonds. The summed E-state index contributed by atoms with van der Waals surface area (Å²) in [6.07, 6.45) is 4.01. The molecule has 0 bridgehead atoms. The Bertz CT molecular complexity index is 444. The van der Waals surface area contributed by atoms with E-state index >= 15 is 0 Å². The SMILES string of the molecule is COc1ccc(C(C)NC(C)CN2CCCCC2)c(O)c1. The quantitative estimate of drug-likeness (QED) is 0.846. The minimum atomic E-state index is 0.121. The van der Waals surface area contributed by atoms with Gasteiger partial charge in [0.25, 0.3) is 0 Å². The van der Waals surface area contributed by atoms with Crippen LogP contribution in [0.1, 0.15) is 44.7 Å². The number of benzene rings is 1. The summed E-state index contributed by atoms with van der Waals surface area (Å²) >= 11 is 0. The van der Waals surface area contributed by atoms with Crippen LogP contribution in [0.15, 0.2) is 18.2 Å². The third-order valence-corrected chi connectivity index (χ3v) is 4.22. The van der Waals surface area contributed by atoms with Crippen molar-refractivity contribution in [2.75, 3.05) is 26.7 Å². The van der Waals surface area contributed by atoms with Gasteiger partial charge in [-0.2, -0.15) is 0 Å². The minimum absolute atomic E-state index is 0.121. The molecule has 1 saturated heterocycles. The lowest BCUT2D eigenvalue weighted by atomic mass is 10.1. The van der Waals surface area contributed by atoms with E-state index in [1.54, 1.807) is 13.2 Å². The van der Waals surface area contributed by atoms with Gasteiger partial charge < -0.3 is 20.1 Å². The molecule has 1 heterocycles. The van der Waals surface area contributed by atoms with E-state index in [2.05, 4.69) is 24.1 Å². The fraction of sp³-hybridized carbons (Fsp3) is 0.647. The Hall–Kier alpha value is -1.26. The Kier molecular flexibility index (Phi) is 5.88. The fourth-order valence-corrected chi connectivity index (χ4v) is 3.12. The summed E-state index contributed by atoms with van der Waals surface area (Å²) in [7, 11) is 1.61. The van der Waals surface area contributed by atoms with E-state index in [-0.39, 0.29) is 6.04 Å². The van der Waals surface area contributed by atoms with Gasteiger partial charge in [0, 0.05) is 30.3 Å². The van der Waals surface area contributed by atoms with Crippen molar-refractivity contribution >= 4 is 0 Å². The van der Waals surface area contributed by atoms with Crippen molar-refractivity contribution in [1.29, 1.82) is 0 Å². The predicted molar refractivity (Wildman–Crippen MR) is 86.0 cm³/mol. The second kappa shape index (κ2) is 7.66. The van der Waals surface area contributed by atoms with Crippen LogP contribution in [0.25, 0.3) is 0 Å². The minimum Gasteiger partial charge on any atom is -0.507 e. The van der Waals surface area contributed by atoms with Crippen molar-refractivity contribution < 1.29 is 9.84 Å². The molecule has 21 heavy (non-hydrogen) atoms. The van der Waals surface area contributed by atoms with Gasteiger partial charge in [0.05, 0.1) is 7.11 Å². The van der Waals surface area contributed by atoms with Crippen LogP contribution in [0.4, 0.5) is 0 Å². The number of likely N-dealkylation sites (tertiary alicyclic amines) is 1. The molecule has 1 fully saturated rings. The largest absolute Gasteiger partial charge is 0.507 e. The monoisotopic (exact) mass is 292 g/mol. The first-order valence-corrected chi connectivity index (χ1v) is 7.95. The maximum atomic E-state index is 10.1. The van der Waals surface area contributed by atoms with Gasteiger partial charge in [-0.15, -0.1) is 0 Å². The third kappa shape index (κ3) is 4.61. The van der Waals surface area contributed by atoms with E-state index in [1.165, 1.54) is 32.4 Å². The molecule has 118 valence electrons. The van der Waals surface area contributed by atoms with E-state index in [9.17, 15) is 5.11 Å². The highest BCUT2D eigenvalue weighted by molar-refractivity contribution is 5.41. The summed E-state index contributed by atoms with van der Waals surface area (Å²) in [6, 6.07) is 6.01. The molecule has 0 spiro atoms. The molecule has 1 aliphatic rings. The maximum absolute atomic E-state index is 10.1. The van der Waals surface area contributed by atoms with Crippen LogP contribution in [0.3, 0.4) is 0 Å². The number of phenolic OH excluding ortho intramolecular Hbond substituents is 1. The number of hydrogen-bond acceptors (Lipinski definition) is 4. The molecule has 0 aromatic heterocycles. The van der Waals surface area contributed by atoms with Crippen molar-refractivity contribution in [1.82, 2.24) is 10.2 Å². The fourth-order valence-electron chi connectivity index (χ4n) is 3.12. The van der Waals surface area contributed by atoms with E-state index in [1.807, 2.05) is 12.1 Å². The van der Waals surface area contributed by atoms with Gasteiger partial charge >= 0.3 is 0 Å². The summed E-state index contributed by atoms with van der Waals surface area (Å²) in [6.45, 7) is 7.81. The van der Waals surface area contributed by atoms with Crippen molar-refractivity contribution in [3.63, 3.8) is 0 Å².